The Morgan fingerprint density at radius 3 is 2.59 bits per heavy atom. The Kier molecular flexibility index (Phi) is 7.04. The number of nitrogens with zero attached hydrogens (tertiary/aromatic N) is 1. The van der Waals surface area contributed by atoms with E-state index in [0.29, 0.717) is 29.7 Å². The van der Waals surface area contributed by atoms with Gasteiger partial charge in [-0.15, -0.1) is 0 Å². The summed E-state index contributed by atoms with van der Waals surface area (Å²) in [6.07, 6.45) is 3.08. The van der Waals surface area contributed by atoms with Crippen molar-refractivity contribution in [2.45, 2.75) is 32.8 Å². The molecule has 0 aliphatic carbocycles. The zero-order valence-corrected chi connectivity index (χ0v) is 18.3. The fourth-order valence-electron chi connectivity index (χ4n) is 3.03. The number of rotatable bonds is 6. The van der Waals surface area contributed by atoms with E-state index in [1.54, 1.807) is 57.2 Å². The molecule has 1 heterocycles. The smallest absolute Gasteiger partial charge is 0.407 e. The number of aromatic amines is 1. The van der Waals surface area contributed by atoms with Crippen LogP contribution in [0.15, 0.2) is 65.5 Å². The van der Waals surface area contributed by atoms with E-state index in [4.69, 9.17) is 4.74 Å². The average molecular weight is 434 g/mol. The summed E-state index contributed by atoms with van der Waals surface area (Å²) in [6, 6.07) is 14.5. The molecule has 0 aliphatic heterocycles. The standard InChI is InChI=1S/C24H26N4O4/c1-24(2,3)32-23(31)25-14-7-6-13-20(29)26-17-10-8-9-16(15-17)21-18-11-4-5-12-19(18)22(30)28-27-21/h4-6,8-13,15H,7,14H2,1-3H3,(H,25,31)(H,26,29)(H,28,30)/b13-6+. The number of benzene rings is 2. The molecule has 3 N–H and O–H groups in total. The van der Waals surface area contributed by atoms with Crippen LogP contribution >= 0.6 is 0 Å². The van der Waals surface area contributed by atoms with Crippen LogP contribution in [0, 0.1) is 0 Å². The fraction of sp³-hybridized carbons (Fsp3) is 0.250. The number of H-pyrrole nitrogens is 1. The highest BCUT2D eigenvalue weighted by Crippen LogP contribution is 2.26. The first-order chi connectivity index (χ1) is 15.2. The molecule has 0 unspecified atom stereocenters. The number of carbonyl (C=O) groups is 2. The van der Waals surface area contributed by atoms with Crippen molar-refractivity contribution in [3.63, 3.8) is 0 Å². The number of hydrogen-bond donors (Lipinski definition) is 3. The van der Waals surface area contributed by atoms with Crippen LogP contribution in [0.1, 0.15) is 27.2 Å². The van der Waals surface area contributed by atoms with Gasteiger partial charge in [-0.3, -0.25) is 9.59 Å². The van der Waals surface area contributed by atoms with Crippen molar-refractivity contribution in [3.8, 4) is 11.3 Å². The van der Waals surface area contributed by atoms with Gasteiger partial charge in [0.05, 0.1) is 11.1 Å². The van der Waals surface area contributed by atoms with Crippen molar-refractivity contribution >= 4 is 28.5 Å². The summed E-state index contributed by atoms with van der Waals surface area (Å²) in [5.74, 6) is -0.293. The van der Waals surface area contributed by atoms with Gasteiger partial charge in [-0.25, -0.2) is 9.89 Å². The monoisotopic (exact) mass is 434 g/mol. The molecule has 2 amide bonds. The molecule has 8 heteroatoms. The van der Waals surface area contributed by atoms with E-state index >= 15 is 0 Å². The second-order valence-corrected chi connectivity index (χ2v) is 8.14. The predicted molar refractivity (Wildman–Crippen MR) is 124 cm³/mol. The molecule has 8 nitrogen and oxygen atoms in total. The molecule has 1 aromatic heterocycles. The zero-order valence-electron chi connectivity index (χ0n) is 18.3. The van der Waals surface area contributed by atoms with Gasteiger partial charge < -0.3 is 15.4 Å². The van der Waals surface area contributed by atoms with Crippen LogP contribution in [-0.2, 0) is 9.53 Å². The molecule has 0 saturated heterocycles. The Hall–Kier alpha value is -3.94. The number of amides is 2. The van der Waals surface area contributed by atoms with Gasteiger partial charge >= 0.3 is 6.09 Å². The molecule has 0 saturated carbocycles. The maximum absolute atomic E-state index is 12.2. The largest absolute Gasteiger partial charge is 0.444 e. The Morgan fingerprint density at radius 2 is 1.84 bits per heavy atom. The molecule has 0 aliphatic rings. The van der Waals surface area contributed by atoms with Crippen LogP contribution in [0.5, 0.6) is 0 Å². The average Bonchev–Trinajstić information content (AvgIpc) is 2.73. The van der Waals surface area contributed by atoms with E-state index in [2.05, 4.69) is 20.8 Å². The Morgan fingerprint density at radius 1 is 1.09 bits per heavy atom. The van der Waals surface area contributed by atoms with Gasteiger partial charge in [0, 0.05) is 23.2 Å². The van der Waals surface area contributed by atoms with E-state index in [0.717, 1.165) is 10.9 Å². The number of aromatic nitrogens is 2. The summed E-state index contributed by atoms with van der Waals surface area (Å²) in [6.45, 7) is 5.74. The van der Waals surface area contributed by atoms with E-state index in [1.165, 1.54) is 6.08 Å². The van der Waals surface area contributed by atoms with Crippen molar-refractivity contribution in [3.05, 3.63) is 71.0 Å². The van der Waals surface area contributed by atoms with Crippen molar-refractivity contribution in [1.82, 2.24) is 15.5 Å². The SMILES string of the molecule is CC(C)(C)OC(=O)NCC/C=C/C(=O)Nc1cccc(-c2n[nH]c(=O)c3ccccc23)c1. The maximum Gasteiger partial charge on any atom is 0.407 e. The van der Waals surface area contributed by atoms with E-state index < -0.39 is 11.7 Å². The van der Waals surface area contributed by atoms with Crippen LogP contribution in [0.2, 0.25) is 0 Å². The quantitative estimate of drug-likeness (QED) is 0.401. The van der Waals surface area contributed by atoms with E-state index in [9.17, 15) is 14.4 Å². The first-order valence-corrected chi connectivity index (χ1v) is 10.3. The molecule has 0 atom stereocenters. The second kappa shape index (κ2) is 9.91. The van der Waals surface area contributed by atoms with Crippen LogP contribution in [0.3, 0.4) is 0 Å². The van der Waals surface area contributed by atoms with Gasteiger partial charge in [0.2, 0.25) is 5.91 Å². The molecule has 166 valence electrons. The van der Waals surface area contributed by atoms with Gasteiger partial charge in [0.1, 0.15) is 5.60 Å². The minimum atomic E-state index is -0.550. The van der Waals surface area contributed by atoms with Gasteiger partial charge in [0.25, 0.3) is 5.56 Å². The van der Waals surface area contributed by atoms with Gasteiger partial charge in [-0.1, -0.05) is 36.4 Å². The predicted octanol–water partition coefficient (Wildman–Crippen LogP) is 4.00. The molecule has 0 spiro atoms. The first-order valence-electron chi connectivity index (χ1n) is 10.3. The fourth-order valence-corrected chi connectivity index (χ4v) is 3.03. The highest BCUT2D eigenvalue weighted by Gasteiger charge is 2.15. The Bertz CT molecular complexity index is 1210. The van der Waals surface area contributed by atoms with Crippen molar-refractivity contribution in [2.24, 2.45) is 0 Å². The minimum absolute atomic E-state index is 0.250. The van der Waals surface area contributed by atoms with Gasteiger partial charge in [0.15, 0.2) is 0 Å². The third kappa shape index (κ3) is 6.28. The zero-order chi connectivity index (χ0) is 23.1. The van der Waals surface area contributed by atoms with Crippen LogP contribution < -0.4 is 16.2 Å². The van der Waals surface area contributed by atoms with Crippen LogP contribution in [0.4, 0.5) is 10.5 Å². The first kappa shape index (κ1) is 22.7. The molecule has 2 aromatic carbocycles. The van der Waals surface area contributed by atoms with Crippen molar-refractivity contribution in [1.29, 1.82) is 0 Å². The third-order valence-electron chi connectivity index (χ3n) is 4.35. The topological polar surface area (TPSA) is 113 Å². The van der Waals surface area contributed by atoms with Gasteiger partial charge in [-0.05, 0) is 51.5 Å². The summed E-state index contributed by atoms with van der Waals surface area (Å²) in [5, 5.41) is 13.4. The third-order valence-corrected chi connectivity index (χ3v) is 4.35. The second-order valence-electron chi connectivity index (χ2n) is 8.14. The summed E-state index contributed by atoms with van der Waals surface area (Å²) < 4.78 is 5.15. The molecule has 0 fully saturated rings. The molecule has 32 heavy (non-hydrogen) atoms. The number of ether oxygens (including phenoxy) is 1. The summed E-state index contributed by atoms with van der Waals surface area (Å²) >= 11 is 0. The number of alkyl carbamates (subject to hydrolysis) is 1. The highest BCUT2D eigenvalue weighted by molar-refractivity contribution is 6.00. The number of hydrogen-bond acceptors (Lipinski definition) is 5. The Balaban J connectivity index is 1.60. The molecule has 0 bridgehead atoms. The maximum atomic E-state index is 12.2. The van der Waals surface area contributed by atoms with E-state index in [-0.39, 0.29) is 11.5 Å². The molecule has 0 radical (unpaired) electrons. The number of anilines is 1. The van der Waals surface area contributed by atoms with Crippen molar-refractivity contribution < 1.29 is 14.3 Å². The van der Waals surface area contributed by atoms with E-state index in [1.807, 2.05) is 18.2 Å². The summed E-state index contributed by atoms with van der Waals surface area (Å²) in [7, 11) is 0. The number of nitrogens with one attached hydrogen (secondary N) is 3. The van der Waals surface area contributed by atoms with Crippen LogP contribution in [0.25, 0.3) is 22.0 Å². The summed E-state index contributed by atoms with van der Waals surface area (Å²) in [5.41, 5.74) is 1.19. The van der Waals surface area contributed by atoms with Crippen LogP contribution in [-0.4, -0.2) is 34.3 Å². The number of fused-ring (bicyclic) bond motifs is 1. The normalized spacial score (nSPS) is 11.5. The molecular formula is C24H26N4O4. The molecular weight excluding hydrogens is 408 g/mol. The van der Waals surface area contributed by atoms with Gasteiger partial charge in [-0.2, -0.15) is 5.10 Å². The lowest BCUT2D eigenvalue weighted by molar-refractivity contribution is -0.111. The lowest BCUT2D eigenvalue weighted by Crippen LogP contribution is -2.32. The lowest BCUT2D eigenvalue weighted by atomic mass is 10.0. The molecule has 3 aromatic rings. The minimum Gasteiger partial charge on any atom is -0.444 e. The highest BCUT2D eigenvalue weighted by atomic mass is 16.6. The van der Waals surface area contributed by atoms with Crippen molar-refractivity contribution in [2.75, 3.05) is 11.9 Å². The lowest BCUT2D eigenvalue weighted by Gasteiger charge is -2.19. The number of carbonyl (C=O) groups excluding carboxylic acids is 2. The summed E-state index contributed by atoms with van der Waals surface area (Å²) in [4.78, 5) is 35.8. The Labute approximate surface area is 185 Å². The molecule has 3 rings (SSSR count).